The van der Waals surface area contributed by atoms with Crippen molar-refractivity contribution in [2.75, 3.05) is 0 Å². The van der Waals surface area contributed by atoms with Crippen LogP contribution in [0.5, 0.6) is 11.5 Å². The summed E-state index contributed by atoms with van der Waals surface area (Å²) in [5, 5.41) is 0.946. The number of carbonyl (C=O) groups is 1. The van der Waals surface area contributed by atoms with E-state index in [-0.39, 0.29) is 0 Å². The Hall–Kier alpha value is -2.20. The Labute approximate surface area is 124 Å². The van der Waals surface area contributed by atoms with Crippen molar-refractivity contribution >= 4 is 33.1 Å². The van der Waals surface area contributed by atoms with Crippen LogP contribution in [0.1, 0.15) is 10.4 Å². The molecule has 0 amide bonds. The van der Waals surface area contributed by atoms with Crippen molar-refractivity contribution in [1.29, 1.82) is 0 Å². The second-order valence-corrected chi connectivity index (χ2v) is 5.09. The number of nitrogens with zero attached hydrogens (tertiary/aromatic N) is 1. The molecule has 0 aliphatic heterocycles. The summed E-state index contributed by atoms with van der Waals surface area (Å²) in [6.45, 7) is 0. The quantitative estimate of drug-likeness (QED) is 0.660. The molecule has 0 N–H and O–H groups in total. The minimum Gasteiger partial charge on any atom is -0.455 e. The molecule has 2 aromatic carbocycles. The van der Waals surface area contributed by atoms with Gasteiger partial charge in [0.25, 0.3) is 0 Å². The highest BCUT2D eigenvalue weighted by molar-refractivity contribution is 9.10. The summed E-state index contributed by atoms with van der Waals surface area (Å²) in [6, 6.07) is 14.8. The highest BCUT2D eigenvalue weighted by Crippen LogP contribution is 2.33. The molecule has 0 saturated heterocycles. The molecule has 3 nitrogen and oxygen atoms in total. The number of rotatable bonds is 3. The normalized spacial score (nSPS) is 10.4. The number of halogens is 1. The van der Waals surface area contributed by atoms with Crippen molar-refractivity contribution in [3.8, 4) is 11.5 Å². The lowest BCUT2D eigenvalue weighted by Gasteiger charge is -2.10. The fraction of sp³-hybridized carbons (Fsp3) is 0. The summed E-state index contributed by atoms with van der Waals surface area (Å²) in [4.78, 5) is 15.0. The topological polar surface area (TPSA) is 39.2 Å². The average molecular weight is 328 g/mol. The lowest BCUT2D eigenvalue weighted by atomic mass is 10.2. The molecule has 0 atom stereocenters. The summed E-state index contributed by atoms with van der Waals surface area (Å²) in [6.07, 6.45) is 2.55. The molecule has 1 heterocycles. The third kappa shape index (κ3) is 2.42. The molecule has 98 valence electrons. The zero-order valence-corrected chi connectivity index (χ0v) is 12.0. The number of hydrogen-bond acceptors (Lipinski definition) is 3. The van der Waals surface area contributed by atoms with Gasteiger partial charge in [0.15, 0.2) is 0 Å². The minimum absolute atomic E-state index is 0.601. The van der Waals surface area contributed by atoms with E-state index in [4.69, 9.17) is 4.74 Å². The first-order valence-electron chi connectivity index (χ1n) is 6.04. The molecule has 4 heteroatoms. The summed E-state index contributed by atoms with van der Waals surface area (Å²) in [5.74, 6) is 1.39. The molecule has 1 aromatic heterocycles. The average Bonchev–Trinajstić information content (AvgIpc) is 2.49. The third-order valence-corrected chi connectivity index (χ3v) is 3.54. The molecule has 0 fully saturated rings. The Morgan fingerprint density at radius 2 is 1.95 bits per heavy atom. The fourth-order valence-corrected chi connectivity index (χ4v) is 2.43. The van der Waals surface area contributed by atoms with Crippen LogP contribution in [0, 0.1) is 0 Å². The molecule has 3 aromatic rings. The number of ether oxygens (including phenoxy) is 1. The molecule has 0 bridgehead atoms. The third-order valence-electron chi connectivity index (χ3n) is 2.92. The molecule has 3 rings (SSSR count). The number of aldehydes is 1. The van der Waals surface area contributed by atoms with Crippen molar-refractivity contribution in [3.63, 3.8) is 0 Å². The number of hydrogen-bond donors (Lipinski definition) is 0. The van der Waals surface area contributed by atoms with Crippen LogP contribution in [0.4, 0.5) is 0 Å². The Morgan fingerprint density at radius 3 is 2.75 bits per heavy atom. The SMILES string of the molecule is O=Cc1ccc(Oc2cccc3ncccc23)c(Br)c1. The molecule has 0 saturated carbocycles. The summed E-state index contributed by atoms with van der Waals surface area (Å²) >= 11 is 3.41. The van der Waals surface area contributed by atoms with E-state index in [1.54, 1.807) is 24.4 Å². The van der Waals surface area contributed by atoms with E-state index in [9.17, 15) is 4.79 Å². The fourth-order valence-electron chi connectivity index (χ4n) is 1.96. The van der Waals surface area contributed by atoms with Gasteiger partial charge in [0.05, 0.1) is 9.99 Å². The van der Waals surface area contributed by atoms with Gasteiger partial charge in [-0.05, 0) is 58.4 Å². The maximum absolute atomic E-state index is 10.7. The minimum atomic E-state index is 0.601. The molecule has 0 aliphatic rings. The van der Waals surface area contributed by atoms with Gasteiger partial charge in [-0.1, -0.05) is 6.07 Å². The second kappa shape index (κ2) is 5.43. The number of pyridine rings is 1. The van der Waals surface area contributed by atoms with E-state index in [1.807, 2.05) is 30.3 Å². The standard InChI is InChI=1S/C16H10BrNO2/c17-13-9-11(10-19)6-7-16(13)20-15-5-1-4-14-12(15)3-2-8-18-14/h1-10H. The van der Waals surface area contributed by atoms with E-state index in [2.05, 4.69) is 20.9 Å². The highest BCUT2D eigenvalue weighted by Gasteiger charge is 2.07. The lowest BCUT2D eigenvalue weighted by Crippen LogP contribution is -1.89. The van der Waals surface area contributed by atoms with Crippen LogP contribution < -0.4 is 4.74 Å². The van der Waals surface area contributed by atoms with Gasteiger partial charge < -0.3 is 4.74 Å². The molecular weight excluding hydrogens is 318 g/mol. The van der Waals surface area contributed by atoms with Gasteiger partial charge in [0, 0.05) is 17.1 Å². The van der Waals surface area contributed by atoms with Crippen molar-refractivity contribution in [2.24, 2.45) is 0 Å². The molecule has 0 unspecified atom stereocenters. The van der Waals surface area contributed by atoms with Gasteiger partial charge in [-0.3, -0.25) is 9.78 Å². The predicted octanol–water partition coefficient (Wildman–Crippen LogP) is 4.60. The van der Waals surface area contributed by atoms with Crippen LogP contribution in [-0.4, -0.2) is 11.3 Å². The number of benzene rings is 2. The van der Waals surface area contributed by atoms with Crippen molar-refractivity contribution < 1.29 is 9.53 Å². The summed E-state index contributed by atoms with van der Waals surface area (Å²) in [5.41, 5.74) is 1.48. The van der Waals surface area contributed by atoms with Gasteiger partial charge in [0.2, 0.25) is 0 Å². The number of fused-ring (bicyclic) bond motifs is 1. The predicted molar refractivity (Wildman–Crippen MR) is 81.3 cm³/mol. The van der Waals surface area contributed by atoms with E-state index < -0.39 is 0 Å². The lowest BCUT2D eigenvalue weighted by molar-refractivity contribution is 0.112. The maximum atomic E-state index is 10.7. The van der Waals surface area contributed by atoms with E-state index in [0.29, 0.717) is 11.3 Å². The Bertz CT molecular complexity index is 781. The van der Waals surface area contributed by atoms with Gasteiger partial charge in [-0.15, -0.1) is 0 Å². The van der Waals surface area contributed by atoms with Crippen LogP contribution in [-0.2, 0) is 0 Å². The van der Waals surface area contributed by atoms with Crippen LogP contribution in [0.2, 0.25) is 0 Å². The first kappa shape index (κ1) is 12.8. The van der Waals surface area contributed by atoms with Crippen LogP contribution >= 0.6 is 15.9 Å². The van der Waals surface area contributed by atoms with E-state index in [1.165, 1.54) is 0 Å². The monoisotopic (exact) mass is 327 g/mol. The van der Waals surface area contributed by atoms with Crippen molar-refractivity contribution in [1.82, 2.24) is 4.98 Å². The van der Waals surface area contributed by atoms with Crippen LogP contribution in [0.25, 0.3) is 10.9 Å². The molecule has 0 aliphatic carbocycles. The Kier molecular flexibility index (Phi) is 3.48. The van der Waals surface area contributed by atoms with Gasteiger partial charge in [0.1, 0.15) is 17.8 Å². The largest absolute Gasteiger partial charge is 0.455 e. The smallest absolute Gasteiger partial charge is 0.150 e. The van der Waals surface area contributed by atoms with Crippen LogP contribution in [0.15, 0.2) is 59.2 Å². The Morgan fingerprint density at radius 1 is 1.05 bits per heavy atom. The first-order valence-corrected chi connectivity index (χ1v) is 6.83. The molecule has 0 radical (unpaired) electrons. The van der Waals surface area contributed by atoms with Crippen LogP contribution in [0.3, 0.4) is 0 Å². The summed E-state index contributed by atoms with van der Waals surface area (Å²) in [7, 11) is 0. The van der Waals surface area contributed by atoms with Crippen molar-refractivity contribution in [3.05, 3.63) is 64.8 Å². The van der Waals surface area contributed by atoms with Gasteiger partial charge in [-0.2, -0.15) is 0 Å². The van der Waals surface area contributed by atoms with Gasteiger partial charge in [-0.25, -0.2) is 0 Å². The zero-order valence-electron chi connectivity index (χ0n) is 10.4. The molecule has 20 heavy (non-hydrogen) atoms. The maximum Gasteiger partial charge on any atom is 0.150 e. The number of aromatic nitrogens is 1. The highest BCUT2D eigenvalue weighted by atomic mass is 79.9. The van der Waals surface area contributed by atoms with E-state index in [0.717, 1.165) is 27.4 Å². The van der Waals surface area contributed by atoms with E-state index >= 15 is 0 Å². The zero-order chi connectivity index (χ0) is 13.9. The second-order valence-electron chi connectivity index (χ2n) is 4.24. The first-order chi connectivity index (χ1) is 9.78. The molecule has 0 spiro atoms. The number of carbonyl (C=O) groups excluding carboxylic acids is 1. The van der Waals surface area contributed by atoms with Gasteiger partial charge >= 0.3 is 0 Å². The Balaban J connectivity index is 2.03. The van der Waals surface area contributed by atoms with Crippen molar-refractivity contribution in [2.45, 2.75) is 0 Å². The molecular formula is C16H10BrNO2. The summed E-state index contributed by atoms with van der Waals surface area (Å²) < 4.78 is 6.66.